The standard InChI is InChI=1S/C11H13F3O2/c1-6-4-5-8(9(16-3)7(6)2)10(15)11(12,13)14/h4-5,10,15H,1-3H3. The Kier molecular flexibility index (Phi) is 3.48. The molecule has 1 aromatic rings. The highest BCUT2D eigenvalue weighted by Gasteiger charge is 2.41. The summed E-state index contributed by atoms with van der Waals surface area (Å²) in [4.78, 5) is 0. The maximum atomic E-state index is 12.4. The predicted octanol–water partition coefficient (Wildman–Crippen LogP) is 2.91. The van der Waals surface area contributed by atoms with Crippen molar-refractivity contribution < 1.29 is 23.0 Å². The Labute approximate surface area is 91.7 Å². The summed E-state index contributed by atoms with van der Waals surface area (Å²) in [5.74, 6) is 0.0878. The Hall–Kier alpha value is -1.23. The third kappa shape index (κ3) is 2.29. The Morgan fingerprint density at radius 3 is 2.25 bits per heavy atom. The second-order valence-electron chi connectivity index (χ2n) is 3.57. The first-order chi connectivity index (χ1) is 7.29. The van der Waals surface area contributed by atoms with Gasteiger partial charge in [-0.3, -0.25) is 0 Å². The molecule has 0 bridgehead atoms. The van der Waals surface area contributed by atoms with Crippen LogP contribution in [0.25, 0.3) is 0 Å². The lowest BCUT2D eigenvalue weighted by atomic mass is 10.0. The van der Waals surface area contributed by atoms with Gasteiger partial charge < -0.3 is 9.84 Å². The minimum absolute atomic E-state index is 0.0878. The molecule has 0 saturated carbocycles. The van der Waals surface area contributed by atoms with Gasteiger partial charge in [0.1, 0.15) is 5.75 Å². The van der Waals surface area contributed by atoms with Crippen LogP contribution >= 0.6 is 0 Å². The van der Waals surface area contributed by atoms with Crippen LogP contribution in [0, 0.1) is 13.8 Å². The zero-order valence-electron chi connectivity index (χ0n) is 9.22. The van der Waals surface area contributed by atoms with E-state index in [2.05, 4.69) is 0 Å². The van der Waals surface area contributed by atoms with Crippen molar-refractivity contribution in [2.45, 2.75) is 26.1 Å². The highest BCUT2D eigenvalue weighted by molar-refractivity contribution is 5.46. The van der Waals surface area contributed by atoms with Crippen molar-refractivity contribution in [3.8, 4) is 5.75 Å². The molecule has 16 heavy (non-hydrogen) atoms. The number of aryl methyl sites for hydroxylation is 1. The van der Waals surface area contributed by atoms with Crippen LogP contribution in [0.3, 0.4) is 0 Å². The maximum Gasteiger partial charge on any atom is 0.418 e. The van der Waals surface area contributed by atoms with E-state index < -0.39 is 12.3 Å². The SMILES string of the molecule is COc1c(C(O)C(F)(F)F)ccc(C)c1C. The summed E-state index contributed by atoms with van der Waals surface area (Å²) < 4.78 is 42.0. The number of methoxy groups -OCH3 is 1. The number of hydrogen-bond donors (Lipinski definition) is 1. The third-order valence-corrected chi connectivity index (χ3v) is 2.52. The quantitative estimate of drug-likeness (QED) is 0.852. The molecule has 0 amide bonds. The van der Waals surface area contributed by atoms with Crippen LogP contribution in [-0.4, -0.2) is 18.4 Å². The molecule has 1 atom stereocenters. The first-order valence-electron chi connectivity index (χ1n) is 4.68. The first kappa shape index (κ1) is 12.8. The molecule has 0 radical (unpaired) electrons. The molecule has 0 aliphatic rings. The molecule has 90 valence electrons. The number of aliphatic hydroxyl groups excluding tert-OH is 1. The molecule has 1 rings (SSSR count). The summed E-state index contributed by atoms with van der Waals surface area (Å²) in [6.45, 7) is 3.42. The Balaban J connectivity index is 3.30. The monoisotopic (exact) mass is 234 g/mol. The smallest absolute Gasteiger partial charge is 0.418 e. The van der Waals surface area contributed by atoms with Gasteiger partial charge in [0.05, 0.1) is 7.11 Å². The number of alkyl halides is 3. The molecule has 2 nitrogen and oxygen atoms in total. The summed E-state index contributed by atoms with van der Waals surface area (Å²) in [6.07, 6.45) is -7.20. The Bertz CT molecular complexity index is 386. The molecular formula is C11H13F3O2. The lowest BCUT2D eigenvalue weighted by molar-refractivity contribution is -0.207. The Morgan fingerprint density at radius 1 is 1.25 bits per heavy atom. The van der Waals surface area contributed by atoms with Gasteiger partial charge in [-0.2, -0.15) is 13.2 Å². The third-order valence-electron chi connectivity index (χ3n) is 2.52. The van der Waals surface area contributed by atoms with Crippen molar-refractivity contribution in [1.82, 2.24) is 0 Å². The van der Waals surface area contributed by atoms with Gasteiger partial charge in [0.25, 0.3) is 0 Å². The van der Waals surface area contributed by atoms with Gasteiger partial charge in [0.15, 0.2) is 6.10 Å². The summed E-state index contributed by atoms with van der Waals surface area (Å²) in [5.41, 5.74) is 1.16. The average Bonchev–Trinajstić information content (AvgIpc) is 2.19. The van der Waals surface area contributed by atoms with Crippen LogP contribution in [0.4, 0.5) is 13.2 Å². The van der Waals surface area contributed by atoms with Crippen LogP contribution in [0.5, 0.6) is 5.75 Å². The number of aliphatic hydroxyl groups is 1. The molecule has 0 aliphatic carbocycles. The summed E-state index contributed by atoms with van der Waals surface area (Å²) in [6, 6.07) is 2.77. The summed E-state index contributed by atoms with van der Waals surface area (Å²) >= 11 is 0. The fourth-order valence-electron chi connectivity index (χ4n) is 1.47. The molecule has 0 aromatic heterocycles. The lowest BCUT2D eigenvalue weighted by Gasteiger charge is -2.19. The maximum absolute atomic E-state index is 12.4. The fraction of sp³-hybridized carbons (Fsp3) is 0.455. The van der Waals surface area contributed by atoms with Gasteiger partial charge in [0.2, 0.25) is 0 Å². The zero-order valence-corrected chi connectivity index (χ0v) is 9.22. The largest absolute Gasteiger partial charge is 0.496 e. The molecular weight excluding hydrogens is 221 g/mol. The molecule has 1 aromatic carbocycles. The van der Waals surface area contributed by atoms with Gasteiger partial charge in [-0.1, -0.05) is 12.1 Å². The predicted molar refractivity (Wildman–Crippen MR) is 53.5 cm³/mol. The number of ether oxygens (including phenoxy) is 1. The topological polar surface area (TPSA) is 29.5 Å². The van der Waals surface area contributed by atoms with E-state index in [0.717, 1.165) is 5.56 Å². The minimum atomic E-state index is -4.69. The van der Waals surface area contributed by atoms with Crippen LogP contribution < -0.4 is 4.74 Å². The summed E-state index contributed by atoms with van der Waals surface area (Å²) in [7, 11) is 1.29. The van der Waals surface area contributed by atoms with Crippen LogP contribution in [-0.2, 0) is 0 Å². The highest BCUT2D eigenvalue weighted by Crippen LogP contribution is 2.39. The molecule has 0 heterocycles. The van der Waals surface area contributed by atoms with Crippen molar-refractivity contribution >= 4 is 0 Å². The number of benzene rings is 1. The van der Waals surface area contributed by atoms with E-state index in [9.17, 15) is 18.3 Å². The summed E-state index contributed by atoms with van der Waals surface area (Å²) in [5, 5.41) is 9.18. The second-order valence-corrected chi connectivity index (χ2v) is 3.57. The van der Waals surface area contributed by atoms with Gasteiger partial charge >= 0.3 is 6.18 Å². The van der Waals surface area contributed by atoms with Crippen LogP contribution in [0.15, 0.2) is 12.1 Å². The second kappa shape index (κ2) is 4.33. The molecule has 5 heteroatoms. The van der Waals surface area contributed by atoms with E-state index in [0.29, 0.717) is 5.56 Å². The van der Waals surface area contributed by atoms with E-state index >= 15 is 0 Å². The van der Waals surface area contributed by atoms with Crippen LogP contribution in [0.2, 0.25) is 0 Å². The number of rotatable bonds is 2. The molecule has 0 saturated heterocycles. The van der Waals surface area contributed by atoms with E-state index in [1.54, 1.807) is 13.8 Å². The van der Waals surface area contributed by atoms with Crippen molar-refractivity contribution in [3.63, 3.8) is 0 Å². The zero-order chi connectivity index (χ0) is 12.5. The molecule has 1 N–H and O–H groups in total. The van der Waals surface area contributed by atoms with Crippen LogP contribution in [0.1, 0.15) is 22.8 Å². The minimum Gasteiger partial charge on any atom is -0.496 e. The fourth-order valence-corrected chi connectivity index (χ4v) is 1.47. The van der Waals surface area contributed by atoms with Crippen molar-refractivity contribution in [1.29, 1.82) is 0 Å². The van der Waals surface area contributed by atoms with Crippen molar-refractivity contribution in [2.24, 2.45) is 0 Å². The number of halogens is 3. The lowest BCUT2D eigenvalue weighted by Crippen LogP contribution is -2.21. The van der Waals surface area contributed by atoms with Crippen molar-refractivity contribution in [3.05, 3.63) is 28.8 Å². The molecule has 0 spiro atoms. The number of hydrogen-bond acceptors (Lipinski definition) is 2. The van der Waals surface area contributed by atoms with E-state index in [4.69, 9.17) is 4.74 Å². The van der Waals surface area contributed by atoms with Gasteiger partial charge in [-0.25, -0.2) is 0 Å². The highest BCUT2D eigenvalue weighted by atomic mass is 19.4. The van der Waals surface area contributed by atoms with E-state index in [1.165, 1.54) is 19.2 Å². The van der Waals surface area contributed by atoms with Crippen molar-refractivity contribution in [2.75, 3.05) is 7.11 Å². The average molecular weight is 234 g/mol. The van der Waals surface area contributed by atoms with Gasteiger partial charge in [-0.05, 0) is 25.0 Å². The normalized spacial score (nSPS) is 13.7. The first-order valence-corrected chi connectivity index (χ1v) is 4.68. The molecule has 0 aliphatic heterocycles. The Morgan fingerprint density at radius 2 is 1.81 bits per heavy atom. The molecule has 1 unspecified atom stereocenters. The molecule has 0 fully saturated rings. The van der Waals surface area contributed by atoms with Gasteiger partial charge in [0, 0.05) is 5.56 Å². The van der Waals surface area contributed by atoms with E-state index in [1.807, 2.05) is 0 Å². The van der Waals surface area contributed by atoms with Gasteiger partial charge in [-0.15, -0.1) is 0 Å². The van der Waals surface area contributed by atoms with E-state index in [-0.39, 0.29) is 11.3 Å².